The summed E-state index contributed by atoms with van der Waals surface area (Å²) in [6, 6.07) is 157. The number of aryl methyl sites for hydroxylation is 12. The second-order valence-electron chi connectivity index (χ2n) is 35.8. The number of benzene rings is 16. The molecule has 0 aliphatic rings. The van der Waals surface area contributed by atoms with Crippen LogP contribution in [0.25, 0.3) is 123 Å². The lowest BCUT2D eigenvalue weighted by atomic mass is 9.88. The van der Waals surface area contributed by atoms with Crippen LogP contribution in [0.4, 0.5) is 17.1 Å². The Balaban J connectivity index is 0.000000122. The summed E-state index contributed by atoms with van der Waals surface area (Å²) in [5.74, 6) is 0. The fourth-order valence-electron chi connectivity index (χ4n) is 17.2. The second-order valence-corrected chi connectivity index (χ2v) is 38.0. The minimum absolute atomic E-state index is 0.471. The Bertz CT molecular complexity index is 6610. The van der Waals surface area contributed by atoms with Crippen LogP contribution in [0.3, 0.4) is 0 Å². The molecule has 0 radical (unpaired) electrons. The summed E-state index contributed by atoms with van der Waals surface area (Å²) in [6.07, 6.45) is 14.9. The molecule has 0 spiro atoms. The molecule has 0 unspecified atom stereocenters. The first-order chi connectivity index (χ1) is 68.4. The number of hydrogen-bond acceptors (Lipinski definition) is 6. The van der Waals surface area contributed by atoms with E-state index in [1.807, 2.05) is 67.8 Å². The molecular weight excluding hydrogens is 1710 g/mol. The van der Waals surface area contributed by atoms with E-state index in [-0.39, 0.29) is 0 Å². The van der Waals surface area contributed by atoms with Crippen molar-refractivity contribution in [3.05, 3.63) is 559 Å². The molecule has 21 aromatic rings. The van der Waals surface area contributed by atoms with Gasteiger partial charge in [0.25, 0.3) is 0 Å². The van der Waals surface area contributed by atoms with Crippen LogP contribution in [-0.4, -0.2) is 24.9 Å². The number of anilines is 3. The molecule has 0 N–H and O–H groups in total. The summed E-state index contributed by atoms with van der Waals surface area (Å²) in [4.78, 5) is 24.0. The summed E-state index contributed by atoms with van der Waals surface area (Å²) in [5.41, 5.74) is 45.1. The first kappa shape index (κ1) is 96.6. The molecule has 5 heterocycles. The van der Waals surface area contributed by atoms with Gasteiger partial charge < -0.3 is 4.90 Å². The summed E-state index contributed by atoms with van der Waals surface area (Å²) >= 11 is 0. The average Bonchev–Trinajstić information content (AvgIpc) is 0.786. The van der Waals surface area contributed by atoms with E-state index in [4.69, 9.17) is 4.98 Å². The first-order valence-electron chi connectivity index (χ1n) is 47.8. The van der Waals surface area contributed by atoms with E-state index in [2.05, 4.69) is 533 Å². The van der Waals surface area contributed by atoms with E-state index in [0.717, 1.165) is 33.6 Å². The van der Waals surface area contributed by atoms with E-state index in [0.29, 0.717) is 0 Å². The molecular formula is C133H117N6P. The normalized spacial score (nSPS) is 10.6. The Morgan fingerprint density at radius 2 is 0.393 bits per heavy atom. The average molecular weight is 1830 g/mol. The van der Waals surface area contributed by atoms with Gasteiger partial charge in [0.2, 0.25) is 0 Å². The highest BCUT2D eigenvalue weighted by Crippen LogP contribution is 2.44. The first-order valence-corrected chi connectivity index (χ1v) is 49.2. The third-order valence-corrected chi connectivity index (χ3v) is 27.1. The molecule has 0 aliphatic carbocycles. The predicted molar refractivity (Wildman–Crippen MR) is 598 cm³/mol. The topological polar surface area (TPSA) is 67.7 Å². The number of nitrogens with zero attached hydrogens (tertiary/aromatic N) is 6. The molecule has 0 fully saturated rings. The fourth-order valence-corrected chi connectivity index (χ4v) is 19.4. The van der Waals surface area contributed by atoms with Gasteiger partial charge in [-0.1, -0.05) is 425 Å². The van der Waals surface area contributed by atoms with Gasteiger partial charge in [-0.25, -0.2) is 4.98 Å². The number of pyridine rings is 5. The lowest BCUT2D eigenvalue weighted by Gasteiger charge is -2.25. The Morgan fingerprint density at radius 3 is 0.686 bits per heavy atom. The van der Waals surface area contributed by atoms with Crippen LogP contribution in [0, 0.1) is 83.1 Å². The SMILES string of the molecule is Cc1ccc(-c2ccc(C)cc2-c2ccccc2)c(-c2ccccc2)c1.Cc1ccc(-c2ccc(C)cc2-c2cccnc2)c(-c2cccnc2)c1.Cc1ccc(-c2ccc(C)cc2-c2ccncc2)c(-c2ccncc2)c1.Cc1ccc(-c2cccc(-c3ccc(C)cc3)n2)cc1.Cc1ccc(N(c2ccccc2)c2ccc(C)cc2)cc1.Cc1ccc(P(c2ccccc2)c2ccc(C)cc2)cc1. The zero-order valence-corrected chi connectivity index (χ0v) is 82.8. The van der Waals surface area contributed by atoms with Gasteiger partial charge in [0.15, 0.2) is 0 Å². The number of hydrogen-bond donors (Lipinski definition) is 0. The minimum atomic E-state index is -0.471. The molecule has 0 amide bonds. The van der Waals surface area contributed by atoms with Crippen LogP contribution < -0.4 is 20.8 Å². The summed E-state index contributed by atoms with van der Waals surface area (Å²) < 4.78 is 0. The molecule has 0 bridgehead atoms. The van der Waals surface area contributed by atoms with Crippen molar-refractivity contribution in [2.24, 2.45) is 0 Å². The minimum Gasteiger partial charge on any atom is -0.311 e. The Morgan fingerprint density at radius 1 is 0.157 bits per heavy atom. The molecule has 0 aliphatic heterocycles. The number of rotatable bonds is 17. The summed E-state index contributed by atoms with van der Waals surface area (Å²) in [6.45, 7) is 25.5. The molecule has 6 nitrogen and oxygen atoms in total. The fraction of sp³-hybridized carbons (Fsp3) is 0.0902. The maximum Gasteiger partial charge on any atom is 0.0709 e. The Kier molecular flexibility index (Phi) is 32.7. The van der Waals surface area contributed by atoms with Gasteiger partial charge in [0.1, 0.15) is 0 Å². The highest BCUT2D eigenvalue weighted by atomic mass is 31.1. The molecule has 5 aromatic heterocycles. The van der Waals surface area contributed by atoms with Crippen molar-refractivity contribution >= 4 is 40.9 Å². The van der Waals surface area contributed by atoms with E-state index in [1.165, 1.54) is 189 Å². The van der Waals surface area contributed by atoms with E-state index >= 15 is 0 Å². The maximum atomic E-state index is 4.77. The van der Waals surface area contributed by atoms with Gasteiger partial charge in [0.05, 0.1) is 11.4 Å². The highest BCUT2D eigenvalue weighted by molar-refractivity contribution is 7.79. The van der Waals surface area contributed by atoms with Crippen LogP contribution in [0.5, 0.6) is 0 Å². The summed E-state index contributed by atoms with van der Waals surface area (Å²) in [5, 5.41) is 4.22. The van der Waals surface area contributed by atoms with E-state index in [1.54, 1.807) is 0 Å². The largest absolute Gasteiger partial charge is 0.311 e. The zero-order chi connectivity index (χ0) is 97.1. The van der Waals surface area contributed by atoms with Gasteiger partial charge in [-0.2, -0.15) is 0 Å². The van der Waals surface area contributed by atoms with Crippen molar-refractivity contribution in [1.29, 1.82) is 0 Å². The predicted octanol–water partition coefficient (Wildman–Crippen LogP) is 34.4. The molecule has 21 rings (SSSR count). The standard InChI is InChI=1S/C26H22.2C24H20N2.C20H19N.C20H19P.C19H17N/c1-19-13-15-23(25(17-19)21-9-5-3-6-10-21)24-16-14-20(2)18-26(24)22-11-7-4-8-12-22;1-17-3-5-21(23(15-17)19-7-11-25-12-8-19)22-6-4-18(2)16-24(22)20-9-13-26-14-10-20;1-17-7-9-21(23(13-17)19-5-3-11-25-15-19)22-10-8-18(2)14-24(22)20-6-4-12-26-16-20;2*1-16-8-12-19(13-9-16)21(18-6-4-3-5-7-18)20-14-10-17(2)11-15-20;1-14-6-10-16(11-7-14)18-4-3-5-19(20-18)17-12-8-15(2)9-13-17/h3-18H,1-2H3;2*3-16H,1-2H3;2*3-15H,1-2H3;3-13H,1-2H3. The van der Waals surface area contributed by atoms with Crippen LogP contribution in [0.2, 0.25) is 0 Å². The van der Waals surface area contributed by atoms with Crippen molar-refractivity contribution < 1.29 is 0 Å². The van der Waals surface area contributed by atoms with Crippen LogP contribution in [-0.2, 0) is 0 Å². The van der Waals surface area contributed by atoms with Gasteiger partial charge in [-0.3, -0.25) is 19.9 Å². The molecule has 684 valence electrons. The number of para-hydroxylation sites is 1. The zero-order valence-electron chi connectivity index (χ0n) is 81.9. The third kappa shape index (κ3) is 25.4. The van der Waals surface area contributed by atoms with Crippen LogP contribution in [0.15, 0.2) is 492 Å². The van der Waals surface area contributed by atoms with E-state index < -0.39 is 7.92 Å². The molecule has 16 aromatic carbocycles. The monoisotopic (exact) mass is 1830 g/mol. The van der Waals surface area contributed by atoms with Gasteiger partial charge in [-0.05, 0) is 281 Å². The lowest BCUT2D eigenvalue weighted by Crippen LogP contribution is -2.20. The van der Waals surface area contributed by atoms with Crippen molar-refractivity contribution in [2.45, 2.75) is 83.1 Å². The quantitative estimate of drug-likeness (QED) is 0.0847. The van der Waals surface area contributed by atoms with Crippen molar-refractivity contribution in [3.63, 3.8) is 0 Å². The molecule has 0 saturated carbocycles. The van der Waals surface area contributed by atoms with Crippen molar-refractivity contribution in [1.82, 2.24) is 24.9 Å². The van der Waals surface area contributed by atoms with Gasteiger partial charge in [0, 0.05) is 88.9 Å². The van der Waals surface area contributed by atoms with Crippen molar-refractivity contribution in [3.8, 4) is 123 Å². The van der Waals surface area contributed by atoms with Crippen molar-refractivity contribution in [2.75, 3.05) is 4.90 Å². The van der Waals surface area contributed by atoms with E-state index in [9.17, 15) is 0 Å². The van der Waals surface area contributed by atoms with Gasteiger partial charge >= 0.3 is 0 Å². The highest BCUT2D eigenvalue weighted by Gasteiger charge is 2.21. The molecule has 7 heteroatoms. The maximum absolute atomic E-state index is 4.77. The van der Waals surface area contributed by atoms with Crippen LogP contribution >= 0.6 is 7.92 Å². The molecule has 140 heavy (non-hydrogen) atoms. The third-order valence-electron chi connectivity index (χ3n) is 24.7. The van der Waals surface area contributed by atoms with Gasteiger partial charge in [-0.15, -0.1) is 0 Å². The van der Waals surface area contributed by atoms with Crippen LogP contribution in [0.1, 0.15) is 66.8 Å². The Labute approximate surface area is 829 Å². The number of aromatic nitrogens is 5. The molecule has 0 saturated heterocycles. The lowest BCUT2D eigenvalue weighted by molar-refractivity contribution is 1.27. The summed E-state index contributed by atoms with van der Waals surface area (Å²) in [7, 11) is -0.471. The smallest absolute Gasteiger partial charge is 0.0709 e. The molecule has 0 atom stereocenters. The Hall–Kier alpha value is -16.5. The second kappa shape index (κ2) is 47.3.